The Balaban J connectivity index is 1.85. The van der Waals surface area contributed by atoms with Crippen molar-refractivity contribution in [2.45, 2.75) is 160 Å². The van der Waals surface area contributed by atoms with E-state index in [4.69, 9.17) is 29.0 Å². The lowest BCUT2D eigenvalue weighted by Crippen LogP contribution is -2.36. The number of anilines is 1. The number of carbonyl (C=O) groups is 2. The summed E-state index contributed by atoms with van der Waals surface area (Å²) >= 11 is 0. The van der Waals surface area contributed by atoms with Crippen LogP contribution in [0.4, 0.5) is 5.82 Å². The third kappa shape index (κ3) is 31.7. The zero-order chi connectivity index (χ0) is 53.6. The number of aliphatic hydroxyl groups excluding tert-OH is 3. The molecule has 0 aromatic carbocycles. The molecule has 0 amide bonds. The predicted octanol–water partition coefficient (Wildman–Crippen LogP) is 9.19. The van der Waals surface area contributed by atoms with E-state index >= 15 is 0 Å². The molecule has 1 aliphatic rings. The van der Waals surface area contributed by atoms with Gasteiger partial charge in [-0.2, -0.15) is 9.29 Å². The molecule has 73 heavy (non-hydrogen) atoms. The minimum atomic E-state index is -5.45. The number of aliphatic hydroxyl groups is 3. The Bertz CT molecular complexity index is 2170. The molecule has 2 heterocycles. The van der Waals surface area contributed by atoms with E-state index in [1.54, 1.807) is 6.08 Å². The fraction of sp³-hybridized carbons (Fsp3) is 0.538. The highest BCUT2D eigenvalue weighted by Gasteiger charge is 2.46. The van der Waals surface area contributed by atoms with E-state index in [-0.39, 0.29) is 18.7 Å². The van der Waals surface area contributed by atoms with Gasteiger partial charge in [-0.25, -0.2) is 13.9 Å². The highest BCUT2D eigenvalue weighted by Crippen LogP contribution is 2.60. The molecule has 1 saturated heterocycles. The molecule has 0 spiro atoms. The van der Waals surface area contributed by atoms with E-state index in [9.17, 15) is 48.6 Å². The van der Waals surface area contributed by atoms with Crippen molar-refractivity contribution in [2.24, 2.45) is 0 Å². The predicted molar refractivity (Wildman–Crippen MR) is 280 cm³/mol. The lowest BCUT2D eigenvalue weighted by molar-refractivity contribution is -0.161. The Hall–Kier alpha value is -4.62. The summed E-state index contributed by atoms with van der Waals surface area (Å²) in [4.78, 5) is 61.9. The van der Waals surface area contributed by atoms with Crippen LogP contribution in [0.25, 0.3) is 0 Å². The number of carbonyl (C=O) groups excluding carboxylic acids is 2. The summed E-state index contributed by atoms with van der Waals surface area (Å²) in [6, 6.07) is 1.24. The largest absolute Gasteiger partial charge is 0.481 e. The molecule has 1 aromatic heterocycles. The van der Waals surface area contributed by atoms with Crippen LogP contribution >= 0.6 is 15.6 Å². The molecule has 8 atom stereocenters. The molecule has 1 fully saturated rings. The zero-order valence-electron chi connectivity index (χ0n) is 42.2. The molecule has 0 bridgehead atoms. The van der Waals surface area contributed by atoms with Gasteiger partial charge in [0.1, 0.15) is 30.7 Å². The summed E-state index contributed by atoms with van der Waals surface area (Å²) in [5.74, 6) is -1.43. The highest BCUT2D eigenvalue weighted by molar-refractivity contribution is 7.61. The molecule has 2 unspecified atom stereocenters. The second-order valence-electron chi connectivity index (χ2n) is 16.7. The molecule has 1 aromatic rings. The molecule has 19 nitrogen and oxygen atoms in total. The molecule has 0 saturated carbocycles. The Labute approximate surface area is 430 Å². The topological polar surface area (TPSA) is 286 Å². The first kappa shape index (κ1) is 64.5. The van der Waals surface area contributed by atoms with Crippen LogP contribution in [-0.2, 0) is 46.3 Å². The summed E-state index contributed by atoms with van der Waals surface area (Å²) in [5.41, 5.74) is 4.57. The molecular weight excluding hydrogens is 985 g/mol. The number of rotatable bonds is 39. The molecule has 1 aliphatic heterocycles. The standard InChI is InChI=1S/C52H79N3O16P2/c1-3-5-6-7-8-9-10-11-12-13-14-18-21-24-27-30-33-36-47(57)66-40-44(69-48(58)37-34-31-28-25-22-19-16-15-17-20-23-26-29-32-35-43(56)4-2)41-67-72(62,63)71-73(64,65)68-42-45-49(59)50(60)51(70-45)55-39-38-46(53)54-52(55)61/h5-6,8-9,11-12,14,16-20,25-26,28-29,32,35,38-39,43-45,49-51,56,59-60H,3-4,7,10,13,15,21-24,27,30-31,33-34,36-37,40-42H2,1-2H3,(H,62,63)(H,64,65)(H2,53,54,61)/b6-5-,9-8-,12-11-,18-14-,19-16-,20-17-,28-25-,29-26-,35-32+/t43-,44-,45-,49-,50-,51-/m1/s1. The summed E-state index contributed by atoms with van der Waals surface area (Å²) in [7, 11) is -10.9. The van der Waals surface area contributed by atoms with Gasteiger partial charge >= 0.3 is 33.3 Å². The van der Waals surface area contributed by atoms with E-state index in [1.807, 2.05) is 49.5 Å². The maximum Gasteiger partial charge on any atom is 0.481 e. The Kier molecular flexibility index (Phi) is 34.4. The number of hydrogen-bond donors (Lipinski definition) is 6. The number of phosphoric ester groups is 2. The van der Waals surface area contributed by atoms with Gasteiger partial charge in [0.05, 0.1) is 19.3 Å². The second kappa shape index (κ2) is 38.9. The van der Waals surface area contributed by atoms with Crippen molar-refractivity contribution < 1.29 is 71.4 Å². The fourth-order valence-corrected chi connectivity index (χ4v) is 8.64. The first-order valence-corrected chi connectivity index (χ1v) is 28.0. The molecule has 7 N–H and O–H groups in total. The number of nitrogens with zero attached hydrogens (tertiary/aromatic N) is 2. The fourth-order valence-electron chi connectivity index (χ4n) is 6.52. The Morgan fingerprint density at radius 3 is 1.88 bits per heavy atom. The Morgan fingerprint density at radius 2 is 1.27 bits per heavy atom. The van der Waals surface area contributed by atoms with Crippen molar-refractivity contribution >= 4 is 33.4 Å². The quantitative estimate of drug-likeness (QED) is 0.0118. The maximum absolute atomic E-state index is 12.8. The molecular formula is C52H79N3O16P2. The van der Waals surface area contributed by atoms with Gasteiger partial charge in [-0.3, -0.25) is 23.2 Å². The van der Waals surface area contributed by atoms with E-state index in [2.05, 4.69) is 77.0 Å². The Morgan fingerprint density at radius 1 is 0.726 bits per heavy atom. The molecule has 0 radical (unpaired) electrons. The third-order valence-electron chi connectivity index (χ3n) is 10.5. The summed E-state index contributed by atoms with van der Waals surface area (Å²) in [6.45, 7) is 1.61. The number of phosphoric acid groups is 2. The lowest BCUT2D eigenvalue weighted by Gasteiger charge is -2.21. The van der Waals surface area contributed by atoms with E-state index in [0.717, 1.165) is 75.0 Å². The van der Waals surface area contributed by atoms with Crippen molar-refractivity contribution in [3.63, 3.8) is 0 Å². The van der Waals surface area contributed by atoms with Crippen molar-refractivity contribution in [3.8, 4) is 0 Å². The van der Waals surface area contributed by atoms with Crippen molar-refractivity contribution in [1.29, 1.82) is 0 Å². The minimum Gasteiger partial charge on any atom is -0.462 e. The van der Waals surface area contributed by atoms with Gasteiger partial charge in [-0.1, -0.05) is 136 Å². The van der Waals surface area contributed by atoms with E-state index in [1.165, 1.54) is 6.07 Å². The van der Waals surface area contributed by atoms with Gasteiger partial charge in [-0.15, -0.1) is 0 Å². The zero-order valence-corrected chi connectivity index (χ0v) is 44.0. The van der Waals surface area contributed by atoms with Gasteiger partial charge in [0, 0.05) is 19.0 Å². The lowest BCUT2D eigenvalue weighted by atomic mass is 10.1. The van der Waals surface area contributed by atoms with Crippen molar-refractivity contribution in [3.05, 3.63) is 132 Å². The average molecular weight is 1060 g/mol. The molecule has 408 valence electrons. The molecule has 21 heteroatoms. The van der Waals surface area contributed by atoms with Gasteiger partial charge in [0.15, 0.2) is 12.3 Å². The van der Waals surface area contributed by atoms with Crippen LogP contribution in [0, 0.1) is 0 Å². The first-order chi connectivity index (χ1) is 35.1. The van der Waals surface area contributed by atoms with E-state index in [0.29, 0.717) is 32.1 Å². The number of aromatic nitrogens is 2. The van der Waals surface area contributed by atoms with Gasteiger partial charge in [0.25, 0.3) is 0 Å². The summed E-state index contributed by atoms with van der Waals surface area (Å²) in [6.07, 6.45) is 41.3. The van der Waals surface area contributed by atoms with Gasteiger partial charge in [-0.05, 0) is 89.5 Å². The number of nitrogens with two attached hydrogens (primary N) is 1. The van der Waals surface area contributed by atoms with Crippen LogP contribution in [0.1, 0.15) is 129 Å². The summed E-state index contributed by atoms with van der Waals surface area (Å²) < 4.78 is 56.6. The maximum atomic E-state index is 12.8. The number of hydrogen-bond acceptors (Lipinski definition) is 16. The van der Waals surface area contributed by atoms with Crippen LogP contribution < -0.4 is 11.4 Å². The monoisotopic (exact) mass is 1060 g/mol. The smallest absolute Gasteiger partial charge is 0.462 e. The summed E-state index contributed by atoms with van der Waals surface area (Å²) in [5, 5.41) is 30.4. The van der Waals surface area contributed by atoms with Crippen LogP contribution in [0.15, 0.2) is 126 Å². The third-order valence-corrected chi connectivity index (χ3v) is 13.1. The van der Waals surface area contributed by atoms with Crippen LogP contribution in [0.5, 0.6) is 0 Å². The van der Waals surface area contributed by atoms with Crippen molar-refractivity contribution in [2.75, 3.05) is 25.6 Å². The van der Waals surface area contributed by atoms with Crippen LogP contribution in [0.2, 0.25) is 0 Å². The number of ether oxygens (including phenoxy) is 3. The molecule has 2 rings (SSSR count). The number of nitrogen functional groups attached to an aromatic ring is 1. The average Bonchev–Trinajstić information content (AvgIpc) is 3.63. The van der Waals surface area contributed by atoms with Crippen LogP contribution in [-0.4, -0.2) is 96.9 Å². The first-order valence-electron chi connectivity index (χ1n) is 25.0. The normalized spacial score (nSPS) is 20.3. The SMILES string of the molecule is CC/C=C\C/C=C\C/C=C\C/C=C\CCCCCCC(=O)OC[C@H](COP(=O)(O)OP(=O)(O)OC[C@H]1O[C@@H](n2ccc(N)nc2=O)[C@H](O)[C@@H]1O)OC(=O)CCC/C=C\C/C=C\C/C=C\C/C=C\C=C\[C@H](O)CC. The number of unbranched alkanes of at least 4 members (excludes halogenated alkanes) is 5. The molecule has 0 aliphatic carbocycles. The number of allylic oxidation sites excluding steroid dienone is 17. The second-order valence-corrected chi connectivity index (χ2v) is 19.8. The minimum absolute atomic E-state index is 0.0547. The van der Waals surface area contributed by atoms with Crippen LogP contribution in [0.3, 0.4) is 0 Å². The van der Waals surface area contributed by atoms with Crippen molar-refractivity contribution in [1.82, 2.24) is 9.55 Å². The van der Waals surface area contributed by atoms with Gasteiger partial charge < -0.3 is 45.1 Å². The van der Waals surface area contributed by atoms with E-state index < -0.39 is 89.8 Å². The highest BCUT2D eigenvalue weighted by atomic mass is 31.3. The number of esters is 2. The van der Waals surface area contributed by atoms with Gasteiger partial charge in [0.2, 0.25) is 0 Å².